The average molecular weight is 1120 g/mol. The van der Waals surface area contributed by atoms with Crippen LogP contribution in [-0.4, -0.2) is 49.3 Å². The van der Waals surface area contributed by atoms with Crippen LogP contribution in [0.25, 0.3) is 0 Å². The molecule has 0 rings (SSSR count). The lowest BCUT2D eigenvalue weighted by Gasteiger charge is -2.19. The molecule has 0 saturated heterocycles. The molecule has 0 aliphatic heterocycles. The van der Waals surface area contributed by atoms with Gasteiger partial charge in [-0.3, -0.25) is 18.6 Å². The first kappa shape index (κ1) is 75.4. The molecule has 0 fully saturated rings. The van der Waals surface area contributed by atoms with Crippen LogP contribution in [0.4, 0.5) is 0 Å². The smallest absolute Gasteiger partial charge is 0.462 e. The van der Waals surface area contributed by atoms with Crippen molar-refractivity contribution < 1.29 is 37.6 Å². The number of unbranched alkanes of at least 4 members (excludes halogenated alkanes) is 26. The van der Waals surface area contributed by atoms with Crippen LogP contribution in [0.1, 0.15) is 271 Å². The van der Waals surface area contributed by atoms with Gasteiger partial charge in [0.15, 0.2) is 6.10 Å². The van der Waals surface area contributed by atoms with E-state index in [9.17, 15) is 19.0 Å². The van der Waals surface area contributed by atoms with Gasteiger partial charge in [0.2, 0.25) is 0 Å². The standard InChI is InChI=1S/C69H118NO8P/c1-3-5-7-9-11-13-15-17-19-21-23-25-27-29-30-31-32-33-34-35-36-38-40-42-44-46-48-50-52-54-56-58-60-62-69(72)78-67(66-77-79(73,74)76-64-63-70)65-75-68(71)61-59-57-55-53-51-49-47-45-43-41-39-37-28-26-24-22-20-18-16-14-12-10-8-6-4-2/h5,7,11,13,17,19,23,25,29-30,32-33,35-36,40,42,46,48,52,54,67H,3-4,6,8-10,12,14-16,18,20-22,24,26-28,31,34,37-39,41,43-45,47,49-51,53,55-66,70H2,1-2H3,(H,73,74)/b7-5-,13-11-,19-17-,25-23-,30-29-,33-32-,36-35-,42-40-,48-46-,54-52-. The van der Waals surface area contributed by atoms with E-state index in [0.717, 1.165) is 96.3 Å². The van der Waals surface area contributed by atoms with E-state index >= 15 is 0 Å². The van der Waals surface area contributed by atoms with Crippen molar-refractivity contribution in [1.29, 1.82) is 0 Å². The first-order chi connectivity index (χ1) is 38.8. The predicted octanol–water partition coefficient (Wildman–Crippen LogP) is 20.7. The largest absolute Gasteiger partial charge is 0.472 e. The maximum atomic E-state index is 12.7. The van der Waals surface area contributed by atoms with Gasteiger partial charge < -0.3 is 20.1 Å². The van der Waals surface area contributed by atoms with Crippen LogP contribution in [0.2, 0.25) is 0 Å². The summed E-state index contributed by atoms with van der Waals surface area (Å²) in [6.45, 7) is 3.60. The summed E-state index contributed by atoms with van der Waals surface area (Å²) in [5.41, 5.74) is 5.39. The van der Waals surface area contributed by atoms with E-state index in [1.165, 1.54) is 141 Å². The Hall–Kier alpha value is -3.59. The number of esters is 2. The van der Waals surface area contributed by atoms with Crippen molar-refractivity contribution in [3.8, 4) is 0 Å². The number of carbonyl (C=O) groups is 2. The van der Waals surface area contributed by atoms with E-state index in [1.807, 2.05) is 0 Å². The maximum absolute atomic E-state index is 12.7. The van der Waals surface area contributed by atoms with Gasteiger partial charge >= 0.3 is 19.8 Å². The fourth-order valence-electron chi connectivity index (χ4n) is 8.67. The normalized spacial score (nSPS) is 13.8. The monoisotopic (exact) mass is 1120 g/mol. The molecule has 79 heavy (non-hydrogen) atoms. The van der Waals surface area contributed by atoms with Gasteiger partial charge in [-0.25, -0.2) is 4.57 Å². The fourth-order valence-corrected chi connectivity index (χ4v) is 9.43. The quantitative estimate of drug-likeness (QED) is 0.0264. The van der Waals surface area contributed by atoms with Crippen LogP contribution in [0, 0.1) is 0 Å². The number of phosphoric ester groups is 1. The number of phosphoric acid groups is 1. The van der Waals surface area contributed by atoms with Crippen molar-refractivity contribution in [2.45, 2.75) is 277 Å². The minimum absolute atomic E-state index is 0.0410. The highest BCUT2D eigenvalue weighted by atomic mass is 31.2. The Labute approximate surface area is 485 Å². The van der Waals surface area contributed by atoms with Crippen molar-refractivity contribution in [1.82, 2.24) is 0 Å². The molecule has 0 aromatic carbocycles. The summed E-state index contributed by atoms with van der Waals surface area (Å²) >= 11 is 0. The van der Waals surface area contributed by atoms with Crippen molar-refractivity contribution in [3.05, 3.63) is 122 Å². The van der Waals surface area contributed by atoms with Gasteiger partial charge in [0.25, 0.3) is 0 Å². The SMILES string of the molecule is CC/C=C\C/C=C\C/C=C\C/C=C\C/C=C\C/C=C\C/C=C\C/C=C\C/C=C\C/C=C\CCCCC(=O)OC(COC(=O)CCCCCCCCCCCCCCCCCCCCCCCCCCC)COP(=O)(O)OCCN. The molecule has 2 unspecified atom stereocenters. The van der Waals surface area contributed by atoms with Crippen LogP contribution in [0.5, 0.6) is 0 Å². The molecule has 0 heterocycles. The Balaban J connectivity index is 4.06. The van der Waals surface area contributed by atoms with Gasteiger partial charge in [-0.15, -0.1) is 0 Å². The third kappa shape index (κ3) is 63.5. The molecular weight excluding hydrogens is 1000 g/mol. The maximum Gasteiger partial charge on any atom is 0.472 e. The topological polar surface area (TPSA) is 134 Å². The average Bonchev–Trinajstić information content (AvgIpc) is 3.44. The summed E-state index contributed by atoms with van der Waals surface area (Å²) in [6.07, 6.45) is 88.5. The summed E-state index contributed by atoms with van der Waals surface area (Å²) in [7, 11) is -4.41. The number of carbonyl (C=O) groups excluding carboxylic acids is 2. The lowest BCUT2D eigenvalue weighted by Crippen LogP contribution is -2.29. The van der Waals surface area contributed by atoms with Gasteiger partial charge in [0.05, 0.1) is 13.2 Å². The van der Waals surface area contributed by atoms with E-state index in [0.29, 0.717) is 6.42 Å². The molecule has 10 heteroatoms. The molecule has 0 aromatic heterocycles. The van der Waals surface area contributed by atoms with Crippen LogP contribution in [0.15, 0.2) is 122 Å². The molecular formula is C69H118NO8P. The van der Waals surface area contributed by atoms with Crippen LogP contribution >= 0.6 is 7.82 Å². The van der Waals surface area contributed by atoms with E-state index in [2.05, 4.69) is 135 Å². The Kier molecular flexibility index (Phi) is 60.7. The second kappa shape index (κ2) is 63.6. The van der Waals surface area contributed by atoms with Gasteiger partial charge in [-0.1, -0.05) is 289 Å². The number of ether oxygens (including phenoxy) is 2. The predicted molar refractivity (Wildman–Crippen MR) is 339 cm³/mol. The van der Waals surface area contributed by atoms with E-state index < -0.39 is 32.5 Å². The highest BCUT2D eigenvalue weighted by Gasteiger charge is 2.26. The van der Waals surface area contributed by atoms with Crippen LogP contribution in [-0.2, 0) is 32.7 Å². The minimum atomic E-state index is -4.41. The summed E-state index contributed by atoms with van der Waals surface area (Å²) in [5, 5.41) is 0. The van der Waals surface area contributed by atoms with Gasteiger partial charge in [0.1, 0.15) is 6.61 Å². The third-order valence-corrected chi connectivity index (χ3v) is 14.3. The number of nitrogens with two attached hydrogens (primary N) is 1. The number of allylic oxidation sites excluding steroid dienone is 20. The second-order valence-corrected chi connectivity index (χ2v) is 22.4. The highest BCUT2D eigenvalue weighted by molar-refractivity contribution is 7.47. The van der Waals surface area contributed by atoms with Gasteiger partial charge in [0, 0.05) is 19.4 Å². The van der Waals surface area contributed by atoms with Gasteiger partial charge in [-0.05, 0) is 89.9 Å². The zero-order valence-electron chi connectivity index (χ0n) is 50.6. The van der Waals surface area contributed by atoms with Gasteiger partial charge in [-0.2, -0.15) is 0 Å². The summed E-state index contributed by atoms with van der Waals surface area (Å²) < 4.78 is 33.1. The molecule has 452 valence electrons. The number of hydrogen-bond acceptors (Lipinski definition) is 8. The van der Waals surface area contributed by atoms with Crippen molar-refractivity contribution in [2.24, 2.45) is 5.73 Å². The zero-order valence-corrected chi connectivity index (χ0v) is 51.5. The molecule has 2 atom stereocenters. The Morgan fingerprint density at radius 2 is 0.696 bits per heavy atom. The molecule has 9 nitrogen and oxygen atoms in total. The third-order valence-electron chi connectivity index (χ3n) is 13.4. The minimum Gasteiger partial charge on any atom is -0.462 e. The molecule has 0 radical (unpaired) electrons. The molecule has 0 aromatic rings. The molecule has 0 saturated carbocycles. The molecule has 0 aliphatic carbocycles. The fraction of sp³-hybridized carbons (Fsp3) is 0.681. The molecule has 0 bridgehead atoms. The summed E-state index contributed by atoms with van der Waals surface area (Å²) in [4.78, 5) is 35.3. The van der Waals surface area contributed by atoms with Crippen LogP contribution in [0.3, 0.4) is 0 Å². The molecule has 0 spiro atoms. The lowest BCUT2D eigenvalue weighted by molar-refractivity contribution is -0.161. The Bertz CT molecular complexity index is 1710. The molecule has 0 aliphatic rings. The lowest BCUT2D eigenvalue weighted by atomic mass is 10.0. The Morgan fingerprint density at radius 1 is 0.392 bits per heavy atom. The second-order valence-electron chi connectivity index (χ2n) is 20.9. The summed E-state index contributed by atoms with van der Waals surface area (Å²) in [6, 6.07) is 0. The molecule has 3 N–H and O–H groups in total. The molecule has 0 amide bonds. The van der Waals surface area contributed by atoms with Crippen molar-refractivity contribution >= 4 is 19.8 Å². The first-order valence-electron chi connectivity index (χ1n) is 32.0. The zero-order chi connectivity index (χ0) is 57.3. The van der Waals surface area contributed by atoms with Crippen LogP contribution < -0.4 is 5.73 Å². The van der Waals surface area contributed by atoms with E-state index in [4.69, 9.17) is 24.3 Å². The van der Waals surface area contributed by atoms with E-state index in [-0.39, 0.29) is 32.6 Å². The summed E-state index contributed by atoms with van der Waals surface area (Å²) in [5.74, 6) is -0.878. The van der Waals surface area contributed by atoms with Crippen molar-refractivity contribution in [3.63, 3.8) is 0 Å². The number of rotatable bonds is 59. The highest BCUT2D eigenvalue weighted by Crippen LogP contribution is 2.43. The van der Waals surface area contributed by atoms with Crippen molar-refractivity contribution in [2.75, 3.05) is 26.4 Å². The Morgan fingerprint density at radius 3 is 1.04 bits per heavy atom. The number of hydrogen-bond donors (Lipinski definition) is 2. The first-order valence-corrected chi connectivity index (χ1v) is 33.5. The van der Waals surface area contributed by atoms with E-state index in [1.54, 1.807) is 0 Å².